The summed E-state index contributed by atoms with van der Waals surface area (Å²) in [7, 11) is 0. The minimum Gasteiger partial charge on any atom is -0.377 e. The molecule has 2 nitrogen and oxygen atoms in total. The van der Waals surface area contributed by atoms with Crippen molar-refractivity contribution in [3.05, 3.63) is 23.5 Å². The van der Waals surface area contributed by atoms with Gasteiger partial charge in [0.2, 0.25) is 11.6 Å². The van der Waals surface area contributed by atoms with Gasteiger partial charge in [0.1, 0.15) is 5.69 Å². The van der Waals surface area contributed by atoms with E-state index in [-0.39, 0.29) is 6.04 Å². The van der Waals surface area contributed by atoms with Gasteiger partial charge in [-0.05, 0) is 18.8 Å². The standard InChI is InChI=1S/C10H10F4N2/c1-4-2-5(3-4)15-8-6(11)9(13)16-10(14)7(8)12/h4-5H,2-3H2,1H3,(H,15,16). The molecule has 1 heterocycles. The Labute approximate surface area is 89.7 Å². The van der Waals surface area contributed by atoms with E-state index in [1.807, 2.05) is 6.92 Å². The smallest absolute Gasteiger partial charge is 0.253 e. The van der Waals surface area contributed by atoms with Crippen LogP contribution in [0, 0.1) is 29.4 Å². The number of nitrogens with one attached hydrogen (secondary N) is 1. The van der Waals surface area contributed by atoms with Crippen molar-refractivity contribution < 1.29 is 17.6 Å². The lowest BCUT2D eigenvalue weighted by molar-refractivity contribution is 0.305. The Morgan fingerprint density at radius 2 is 1.56 bits per heavy atom. The Balaban J connectivity index is 2.25. The minimum atomic E-state index is -1.63. The number of hydrogen-bond donors (Lipinski definition) is 1. The number of hydrogen-bond acceptors (Lipinski definition) is 2. The van der Waals surface area contributed by atoms with Gasteiger partial charge in [-0.1, -0.05) is 6.92 Å². The molecule has 1 aromatic rings. The van der Waals surface area contributed by atoms with Gasteiger partial charge in [0.25, 0.3) is 11.9 Å². The van der Waals surface area contributed by atoms with E-state index >= 15 is 0 Å². The summed E-state index contributed by atoms with van der Waals surface area (Å²) in [5.41, 5.74) is -0.762. The number of halogens is 4. The first-order chi connectivity index (χ1) is 7.49. The highest BCUT2D eigenvalue weighted by molar-refractivity contribution is 5.46. The number of pyridine rings is 1. The number of rotatable bonds is 2. The molecule has 1 saturated carbocycles. The normalized spacial score (nSPS) is 24.1. The van der Waals surface area contributed by atoms with Crippen LogP contribution >= 0.6 is 0 Å². The maximum Gasteiger partial charge on any atom is 0.253 e. The van der Waals surface area contributed by atoms with Crippen LogP contribution in [0.1, 0.15) is 19.8 Å². The van der Waals surface area contributed by atoms with Gasteiger partial charge in [-0.15, -0.1) is 0 Å². The lowest BCUT2D eigenvalue weighted by Crippen LogP contribution is -2.34. The third-order valence-corrected chi connectivity index (χ3v) is 2.72. The molecular formula is C10H10F4N2. The second-order valence-electron chi connectivity index (χ2n) is 4.11. The van der Waals surface area contributed by atoms with Gasteiger partial charge in [-0.2, -0.15) is 22.5 Å². The summed E-state index contributed by atoms with van der Waals surface area (Å²) in [5.74, 6) is -5.75. The maximum absolute atomic E-state index is 13.2. The molecule has 0 aliphatic heterocycles. The van der Waals surface area contributed by atoms with Gasteiger partial charge in [-0.25, -0.2) is 0 Å². The van der Waals surface area contributed by atoms with Crippen molar-refractivity contribution >= 4 is 5.69 Å². The fourth-order valence-electron chi connectivity index (χ4n) is 1.84. The molecule has 0 amide bonds. The second-order valence-corrected chi connectivity index (χ2v) is 4.11. The highest BCUT2D eigenvalue weighted by Crippen LogP contribution is 2.31. The molecule has 88 valence electrons. The van der Waals surface area contributed by atoms with Crippen LogP contribution in [0.25, 0.3) is 0 Å². The zero-order valence-electron chi connectivity index (χ0n) is 8.53. The molecule has 1 aliphatic carbocycles. The van der Waals surface area contributed by atoms with E-state index in [1.165, 1.54) is 0 Å². The van der Waals surface area contributed by atoms with Gasteiger partial charge >= 0.3 is 0 Å². The predicted molar refractivity (Wildman–Crippen MR) is 49.9 cm³/mol. The highest BCUT2D eigenvalue weighted by atomic mass is 19.2. The predicted octanol–water partition coefficient (Wildman–Crippen LogP) is 2.85. The van der Waals surface area contributed by atoms with Crippen LogP contribution in [0.15, 0.2) is 0 Å². The third kappa shape index (κ3) is 1.83. The van der Waals surface area contributed by atoms with Gasteiger partial charge in [-0.3, -0.25) is 0 Å². The van der Waals surface area contributed by atoms with E-state index in [4.69, 9.17) is 0 Å². The van der Waals surface area contributed by atoms with Crippen LogP contribution in [-0.2, 0) is 0 Å². The average molecular weight is 234 g/mol. The zero-order valence-corrected chi connectivity index (χ0v) is 8.53. The van der Waals surface area contributed by atoms with Crippen LogP contribution in [0.4, 0.5) is 23.2 Å². The lowest BCUT2D eigenvalue weighted by Gasteiger charge is -2.34. The van der Waals surface area contributed by atoms with Crippen molar-refractivity contribution in [3.8, 4) is 0 Å². The zero-order chi connectivity index (χ0) is 11.9. The first-order valence-corrected chi connectivity index (χ1v) is 4.95. The summed E-state index contributed by atoms with van der Waals surface area (Å²) in [5, 5.41) is 2.46. The second kappa shape index (κ2) is 3.92. The SMILES string of the molecule is CC1CC(Nc2c(F)c(F)nc(F)c2F)C1. The molecule has 0 radical (unpaired) electrons. The van der Waals surface area contributed by atoms with Crippen molar-refractivity contribution in [1.29, 1.82) is 0 Å². The van der Waals surface area contributed by atoms with E-state index in [9.17, 15) is 17.6 Å². The van der Waals surface area contributed by atoms with Crippen LogP contribution in [0.3, 0.4) is 0 Å². The van der Waals surface area contributed by atoms with E-state index in [0.717, 1.165) is 12.8 Å². The fourth-order valence-corrected chi connectivity index (χ4v) is 1.84. The first-order valence-electron chi connectivity index (χ1n) is 4.95. The molecule has 1 aliphatic rings. The molecule has 1 N–H and O–H groups in total. The summed E-state index contributed by atoms with van der Waals surface area (Å²) < 4.78 is 51.8. The summed E-state index contributed by atoms with van der Waals surface area (Å²) in [6, 6.07) is -0.139. The van der Waals surface area contributed by atoms with Crippen LogP contribution < -0.4 is 5.32 Å². The Hall–Kier alpha value is -1.33. The summed E-state index contributed by atoms with van der Waals surface area (Å²) in [6.07, 6.45) is 1.45. The summed E-state index contributed by atoms with van der Waals surface area (Å²) in [6.45, 7) is 1.98. The van der Waals surface area contributed by atoms with Crippen LogP contribution in [-0.4, -0.2) is 11.0 Å². The highest BCUT2D eigenvalue weighted by Gasteiger charge is 2.29. The number of aromatic nitrogens is 1. The van der Waals surface area contributed by atoms with E-state index in [2.05, 4.69) is 10.3 Å². The molecule has 0 bridgehead atoms. The van der Waals surface area contributed by atoms with Crippen LogP contribution in [0.5, 0.6) is 0 Å². The van der Waals surface area contributed by atoms with Crippen molar-refractivity contribution in [2.24, 2.45) is 5.92 Å². The van der Waals surface area contributed by atoms with E-state index < -0.39 is 29.2 Å². The van der Waals surface area contributed by atoms with E-state index in [0.29, 0.717) is 5.92 Å². The molecule has 1 fully saturated rings. The van der Waals surface area contributed by atoms with Gasteiger partial charge in [0, 0.05) is 6.04 Å². The first kappa shape index (κ1) is 11.2. The molecule has 16 heavy (non-hydrogen) atoms. The van der Waals surface area contributed by atoms with E-state index in [1.54, 1.807) is 0 Å². The van der Waals surface area contributed by atoms with Crippen molar-refractivity contribution in [1.82, 2.24) is 4.98 Å². The minimum absolute atomic E-state index is 0.139. The molecule has 1 aromatic heterocycles. The summed E-state index contributed by atoms with van der Waals surface area (Å²) in [4.78, 5) is 2.48. The monoisotopic (exact) mass is 234 g/mol. The van der Waals surface area contributed by atoms with Crippen molar-refractivity contribution in [2.45, 2.75) is 25.8 Å². The van der Waals surface area contributed by atoms with Gasteiger partial charge in [0.15, 0.2) is 0 Å². The van der Waals surface area contributed by atoms with Crippen molar-refractivity contribution in [3.63, 3.8) is 0 Å². The fraction of sp³-hybridized carbons (Fsp3) is 0.500. The van der Waals surface area contributed by atoms with Crippen LogP contribution in [0.2, 0.25) is 0 Å². The molecule has 6 heteroatoms. The molecular weight excluding hydrogens is 224 g/mol. The Morgan fingerprint density at radius 3 is 2.00 bits per heavy atom. The van der Waals surface area contributed by atoms with Crippen molar-refractivity contribution in [2.75, 3.05) is 5.32 Å². The molecule has 0 spiro atoms. The largest absolute Gasteiger partial charge is 0.377 e. The van der Waals surface area contributed by atoms with Gasteiger partial charge < -0.3 is 5.32 Å². The molecule has 0 atom stereocenters. The Kier molecular flexibility index (Phi) is 2.73. The molecule has 0 saturated heterocycles. The number of nitrogens with zero attached hydrogens (tertiary/aromatic N) is 1. The molecule has 0 unspecified atom stereocenters. The Morgan fingerprint density at radius 1 is 1.06 bits per heavy atom. The lowest BCUT2D eigenvalue weighted by atomic mass is 9.82. The Bertz CT molecular complexity index is 390. The molecule has 2 rings (SSSR count). The quantitative estimate of drug-likeness (QED) is 0.628. The summed E-state index contributed by atoms with van der Waals surface area (Å²) >= 11 is 0. The third-order valence-electron chi connectivity index (χ3n) is 2.72. The molecule has 0 aromatic carbocycles. The topological polar surface area (TPSA) is 24.9 Å². The average Bonchev–Trinajstić information content (AvgIpc) is 2.18. The maximum atomic E-state index is 13.2. The van der Waals surface area contributed by atoms with Gasteiger partial charge in [0.05, 0.1) is 0 Å². The number of anilines is 1.